The fourth-order valence-corrected chi connectivity index (χ4v) is 4.43. The van der Waals surface area contributed by atoms with Crippen molar-refractivity contribution in [2.45, 2.75) is 30.8 Å². The molecular formula is C13H17NO5S. The van der Waals surface area contributed by atoms with Gasteiger partial charge in [0.2, 0.25) is 16.8 Å². The highest BCUT2D eigenvalue weighted by Gasteiger charge is 2.36. The number of nitrogens with zero attached hydrogens (tertiary/aromatic N) is 1. The molecule has 7 heteroatoms. The average Bonchev–Trinajstić information content (AvgIpc) is 2.85. The minimum absolute atomic E-state index is 0.128. The summed E-state index contributed by atoms with van der Waals surface area (Å²) in [6, 6.07) is 4.33. The lowest BCUT2D eigenvalue weighted by molar-refractivity contribution is 0.00635. The Morgan fingerprint density at radius 1 is 1.10 bits per heavy atom. The highest BCUT2D eigenvalue weighted by Crippen LogP contribution is 2.35. The first-order valence-electron chi connectivity index (χ1n) is 6.51. The molecule has 110 valence electrons. The van der Waals surface area contributed by atoms with Gasteiger partial charge >= 0.3 is 0 Å². The van der Waals surface area contributed by atoms with Gasteiger partial charge in [-0.25, -0.2) is 8.42 Å². The van der Waals surface area contributed by atoms with Crippen LogP contribution >= 0.6 is 0 Å². The molecule has 2 aliphatic heterocycles. The van der Waals surface area contributed by atoms with Gasteiger partial charge in [-0.3, -0.25) is 0 Å². The Morgan fingerprint density at radius 3 is 2.45 bits per heavy atom. The molecule has 20 heavy (non-hydrogen) atoms. The van der Waals surface area contributed by atoms with Gasteiger partial charge in [-0.2, -0.15) is 4.31 Å². The second-order valence-electron chi connectivity index (χ2n) is 5.09. The maximum atomic E-state index is 12.8. The topological polar surface area (TPSA) is 65.1 Å². The number of hydrogen-bond donors (Lipinski definition) is 0. The van der Waals surface area contributed by atoms with Gasteiger partial charge < -0.3 is 14.2 Å². The summed E-state index contributed by atoms with van der Waals surface area (Å²) in [5, 5.41) is 0. The molecule has 2 unspecified atom stereocenters. The Balaban J connectivity index is 1.99. The maximum absolute atomic E-state index is 12.8. The molecule has 0 spiro atoms. The highest BCUT2D eigenvalue weighted by atomic mass is 32.2. The third kappa shape index (κ3) is 2.15. The van der Waals surface area contributed by atoms with Gasteiger partial charge in [0.05, 0.1) is 18.1 Å². The normalized spacial score (nSPS) is 26.7. The lowest BCUT2D eigenvalue weighted by Gasteiger charge is -2.37. The largest absolute Gasteiger partial charge is 0.454 e. The minimum atomic E-state index is -3.56. The lowest BCUT2D eigenvalue weighted by atomic mass is 10.2. The van der Waals surface area contributed by atoms with Crippen molar-refractivity contribution in [3.8, 4) is 11.5 Å². The van der Waals surface area contributed by atoms with E-state index in [1.807, 2.05) is 13.8 Å². The fourth-order valence-electron chi connectivity index (χ4n) is 2.62. The van der Waals surface area contributed by atoms with E-state index in [0.29, 0.717) is 24.7 Å². The third-order valence-corrected chi connectivity index (χ3v) is 5.63. The van der Waals surface area contributed by atoms with Crippen LogP contribution in [0.3, 0.4) is 0 Å². The van der Waals surface area contributed by atoms with Crippen molar-refractivity contribution in [2.75, 3.05) is 20.0 Å². The van der Waals surface area contributed by atoms with Crippen molar-refractivity contribution in [1.29, 1.82) is 0 Å². The van der Waals surface area contributed by atoms with E-state index in [9.17, 15) is 8.42 Å². The molecule has 0 aliphatic carbocycles. The van der Waals surface area contributed by atoms with E-state index < -0.39 is 10.0 Å². The van der Waals surface area contributed by atoms with E-state index in [-0.39, 0.29) is 23.8 Å². The zero-order valence-corrected chi connectivity index (χ0v) is 12.2. The molecule has 0 saturated carbocycles. The average molecular weight is 299 g/mol. The van der Waals surface area contributed by atoms with Gasteiger partial charge in [-0.05, 0) is 26.0 Å². The number of rotatable bonds is 2. The van der Waals surface area contributed by atoms with Crippen LogP contribution in [-0.4, -0.2) is 44.8 Å². The summed E-state index contributed by atoms with van der Waals surface area (Å²) in [6.07, 6.45) is 0. The van der Waals surface area contributed by atoms with Gasteiger partial charge in [0.25, 0.3) is 0 Å². The Hall–Kier alpha value is -1.31. The van der Waals surface area contributed by atoms with Crippen molar-refractivity contribution in [3.63, 3.8) is 0 Å². The van der Waals surface area contributed by atoms with E-state index in [1.165, 1.54) is 10.4 Å². The number of fused-ring (bicyclic) bond motifs is 1. The Kier molecular flexibility index (Phi) is 3.35. The van der Waals surface area contributed by atoms with E-state index in [2.05, 4.69) is 0 Å². The molecule has 0 aromatic heterocycles. The summed E-state index contributed by atoms with van der Waals surface area (Å²) in [5.41, 5.74) is 0. The summed E-state index contributed by atoms with van der Waals surface area (Å²) in [4.78, 5) is 0.224. The van der Waals surface area contributed by atoms with Crippen molar-refractivity contribution in [1.82, 2.24) is 4.31 Å². The van der Waals surface area contributed by atoms with Crippen molar-refractivity contribution in [3.05, 3.63) is 18.2 Å². The van der Waals surface area contributed by atoms with Crippen LogP contribution in [0.4, 0.5) is 0 Å². The van der Waals surface area contributed by atoms with Crippen LogP contribution in [0.2, 0.25) is 0 Å². The lowest BCUT2D eigenvalue weighted by Crippen LogP contribution is -2.52. The second-order valence-corrected chi connectivity index (χ2v) is 6.93. The van der Waals surface area contributed by atoms with Gasteiger partial charge in [0.1, 0.15) is 0 Å². The van der Waals surface area contributed by atoms with Crippen molar-refractivity contribution < 1.29 is 22.6 Å². The molecule has 0 N–H and O–H groups in total. The number of benzene rings is 1. The van der Waals surface area contributed by atoms with Crippen LogP contribution in [-0.2, 0) is 14.8 Å². The Morgan fingerprint density at radius 2 is 1.75 bits per heavy atom. The van der Waals surface area contributed by atoms with Crippen molar-refractivity contribution in [2.24, 2.45) is 0 Å². The molecule has 0 amide bonds. The predicted molar refractivity (Wildman–Crippen MR) is 71.3 cm³/mol. The van der Waals surface area contributed by atoms with E-state index in [0.717, 1.165) is 0 Å². The van der Waals surface area contributed by atoms with Crippen LogP contribution in [0.25, 0.3) is 0 Å². The summed E-state index contributed by atoms with van der Waals surface area (Å²) in [7, 11) is -3.56. The van der Waals surface area contributed by atoms with Crippen LogP contribution in [0.1, 0.15) is 13.8 Å². The van der Waals surface area contributed by atoms with Gasteiger partial charge in [0, 0.05) is 18.2 Å². The first-order valence-corrected chi connectivity index (χ1v) is 7.95. The molecule has 6 nitrogen and oxygen atoms in total. The molecule has 1 fully saturated rings. The summed E-state index contributed by atoms with van der Waals surface area (Å²) >= 11 is 0. The molecule has 1 aromatic rings. The molecule has 2 aliphatic rings. The van der Waals surface area contributed by atoms with Crippen LogP contribution in [0.15, 0.2) is 23.1 Å². The Labute approximate surface area is 118 Å². The molecule has 1 aromatic carbocycles. The second kappa shape index (κ2) is 4.91. The molecular weight excluding hydrogens is 282 g/mol. The van der Waals surface area contributed by atoms with E-state index in [4.69, 9.17) is 14.2 Å². The predicted octanol–water partition coefficient (Wildman–Crippen LogP) is 1.21. The van der Waals surface area contributed by atoms with E-state index in [1.54, 1.807) is 12.1 Å². The molecule has 3 rings (SSSR count). The maximum Gasteiger partial charge on any atom is 0.243 e. The standard InChI is InChI=1S/C13H17NO5S/c1-9-6-17-7-10(2)14(9)20(15,16)11-3-4-12-13(5-11)19-8-18-12/h3-5,9-10H,6-8H2,1-2H3. The summed E-state index contributed by atoms with van der Waals surface area (Å²) in [6.45, 7) is 4.64. The molecule has 1 saturated heterocycles. The van der Waals surface area contributed by atoms with Crippen LogP contribution in [0.5, 0.6) is 11.5 Å². The number of morpholine rings is 1. The quantitative estimate of drug-likeness (QED) is 0.821. The van der Waals surface area contributed by atoms with Crippen LogP contribution in [0, 0.1) is 0 Å². The molecule has 2 atom stereocenters. The molecule has 2 heterocycles. The number of ether oxygens (including phenoxy) is 3. The first-order chi connectivity index (χ1) is 9.50. The zero-order chi connectivity index (χ0) is 14.3. The zero-order valence-electron chi connectivity index (χ0n) is 11.4. The highest BCUT2D eigenvalue weighted by molar-refractivity contribution is 7.89. The minimum Gasteiger partial charge on any atom is -0.454 e. The fraction of sp³-hybridized carbons (Fsp3) is 0.538. The van der Waals surface area contributed by atoms with Gasteiger partial charge in [-0.15, -0.1) is 0 Å². The van der Waals surface area contributed by atoms with E-state index >= 15 is 0 Å². The number of sulfonamides is 1. The van der Waals surface area contributed by atoms with Gasteiger partial charge in [0.15, 0.2) is 11.5 Å². The number of hydrogen-bond acceptors (Lipinski definition) is 5. The monoisotopic (exact) mass is 299 g/mol. The first kappa shape index (κ1) is 13.7. The third-order valence-electron chi connectivity index (χ3n) is 3.51. The summed E-state index contributed by atoms with van der Waals surface area (Å²) in [5.74, 6) is 1.05. The van der Waals surface area contributed by atoms with Crippen molar-refractivity contribution >= 4 is 10.0 Å². The molecule has 0 bridgehead atoms. The SMILES string of the molecule is CC1COCC(C)N1S(=O)(=O)c1ccc2c(c1)OCO2. The smallest absolute Gasteiger partial charge is 0.243 e. The van der Waals surface area contributed by atoms with Crippen LogP contribution < -0.4 is 9.47 Å². The summed E-state index contributed by atoms with van der Waals surface area (Å²) < 4.78 is 42.9. The Bertz CT molecular complexity index is 605. The molecule has 0 radical (unpaired) electrons. The van der Waals surface area contributed by atoms with Gasteiger partial charge in [-0.1, -0.05) is 0 Å².